The lowest BCUT2D eigenvalue weighted by Crippen LogP contribution is -2.07. The van der Waals surface area contributed by atoms with E-state index in [1.807, 2.05) is 42.5 Å². The van der Waals surface area contributed by atoms with Crippen molar-refractivity contribution >= 4 is 5.69 Å². The van der Waals surface area contributed by atoms with Crippen molar-refractivity contribution < 1.29 is 18.9 Å². The van der Waals surface area contributed by atoms with E-state index in [9.17, 15) is 5.26 Å². The van der Waals surface area contributed by atoms with Crippen LogP contribution in [0.5, 0.6) is 17.2 Å². The van der Waals surface area contributed by atoms with E-state index in [0.29, 0.717) is 42.5 Å². The summed E-state index contributed by atoms with van der Waals surface area (Å²) in [5, 5.41) is 12.6. The third kappa shape index (κ3) is 5.94. The number of anilines is 1. The summed E-state index contributed by atoms with van der Waals surface area (Å²) in [5.41, 5.74) is 2.38. The molecule has 2 aromatic carbocycles. The minimum Gasteiger partial charge on any atom is -0.493 e. The third-order valence-corrected chi connectivity index (χ3v) is 3.78. The van der Waals surface area contributed by atoms with Crippen molar-refractivity contribution in [3.63, 3.8) is 0 Å². The van der Waals surface area contributed by atoms with E-state index in [1.165, 1.54) is 0 Å². The van der Waals surface area contributed by atoms with Gasteiger partial charge in [0.25, 0.3) is 0 Å². The third-order valence-electron chi connectivity index (χ3n) is 3.78. The van der Waals surface area contributed by atoms with Crippen LogP contribution in [0.4, 0.5) is 5.69 Å². The number of hydrogen-bond donors (Lipinski definition) is 1. The summed E-state index contributed by atoms with van der Waals surface area (Å²) in [4.78, 5) is 0. The number of ether oxygens (including phenoxy) is 4. The zero-order chi connectivity index (χ0) is 19.5. The van der Waals surface area contributed by atoms with Gasteiger partial charge >= 0.3 is 0 Å². The van der Waals surface area contributed by atoms with Crippen molar-refractivity contribution in [3.05, 3.63) is 59.8 Å². The molecule has 6 heteroatoms. The molecule has 0 saturated heterocycles. The molecular weight excluding hydrogens is 344 g/mol. The summed E-state index contributed by atoms with van der Waals surface area (Å²) >= 11 is 0. The number of rotatable bonds is 10. The molecule has 2 aromatic rings. The molecule has 0 heterocycles. The first-order chi connectivity index (χ1) is 13.2. The molecule has 0 aliphatic carbocycles. The molecule has 0 amide bonds. The number of methoxy groups -OCH3 is 3. The number of allylic oxidation sites excluding steroid dienone is 1. The Balaban J connectivity index is 2.20. The monoisotopic (exact) mass is 368 g/mol. The predicted octanol–water partition coefficient (Wildman–Crippen LogP) is 3.79. The molecular formula is C21H24N2O4. The van der Waals surface area contributed by atoms with Gasteiger partial charge in [-0.25, -0.2) is 0 Å². The standard InChI is InChI=1S/C21H24N2O4/c1-24-9-10-27-21-19(25-2)12-16(13-20(21)26-3)11-17(14-22)15-23-18-7-5-4-6-8-18/h4-8,12-13,15,23H,9-11H2,1-3H3. The Morgan fingerprint density at radius 1 is 1.04 bits per heavy atom. The second-order valence-electron chi connectivity index (χ2n) is 5.64. The number of benzene rings is 2. The Kier molecular flexibility index (Phi) is 8.01. The van der Waals surface area contributed by atoms with Crippen molar-refractivity contribution in [2.24, 2.45) is 0 Å². The topological polar surface area (TPSA) is 72.7 Å². The minimum atomic E-state index is 0.382. The van der Waals surface area contributed by atoms with Gasteiger partial charge in [0.05, 0.1) is 26.9 Å². The second kappa shape index (κ2) is 10.7. The minimum absolute atomic E-state index is 0.382. The van der Waals surface area contributed by atoms with Gasteiger partial charge in [-0.3, -0.25) is 0 Å². The molecule has 0 radical (unpaired) electrons. The summed E-state index contributed by atoms with van der Waals surface area (Å²) in [6.07, 6.45) is 2.14. The van der Waals surface area contributed by atoms with Gasteiger partial charge in [0.15, 0.2) is 11.5 Å². The zero-order valence-electron chi connectivity index (χ0n) is 15.8. The summed E-state index contributed by atoms with van der Waals surface area (Å²) in [6, 6.07) is 15.6. The Hall–Kier alpha value is -3.17. The van der Waals surface area contributed by atoms with Gasteiger partial charge in [-0.1, -0.05) is 18.2 Å². The first-order valence-corrected chi connectivity index (χ1v) is 8.49. The predicted molar refractivity (Wildman–Crippen MR) is 104 cm³/mol. The highest BCUT2D eigenvalue weighted by molar-refractivity contribution is 5.55. The Bertz CT molecular complexity index is 773. The molecule has 0 aliphatic heterocycles. The van der Waals surface area contributed by atoms with Crippen molar-refractivity contribution in [1.82, 2.24) is 0 Å². The van der Waals surface area contributed by atoms with E-state index >= 15 is 0 Å². The van der Waals surface area contributed by atoms with Crippen LogP contribution in [0.15, 0.2) is 54.2 Å². The second-order valence-corrected chi connectivity index (χ2v) is 5.64. The molecule has 1 N–H and O–H groups in total. The van der Waals surface area contributed by atoms with E-state index in [1.54, 1.807) is 27.5 Å². The Morgan fingerprint density at radius 3 is 2.26 bits per heavy atom. The van der Waals surface area contributed by atoms with Gasteiger partial charge in [-0.2, -0.15) is 5.26 Å². The average molecular weight is 368 g/mol. The lowest BCUT2D eigenvalue weighted by molar-refractivity contribution is 0.142. The van der Waals surface area contributed by atoms with Crippen LogP contribution in [-0.4, -0.2) is 34.5 Å². The van der Waals surface area contributed by atoms with Crippen LogP contribution in [0.3, 0.4) is 0 Å². The first-order valence-electron chi connectivity index (χ1n) is 8.49. The molecule has 0 unspecified atom stereocenters. The summed E-state index contributed by atoms with van der Waals surface area (Å²) in [6.45, 7) is 0.841. The largest absolute Gasteiger partial charge is 0.493 e. The molecule has 0 spiro atoms. The van der Waals surface area contributed by atoms with Crippen LogP contribution in [0.2, 0.25) is 0 Å². The molecule has 142 valence electrons. The van der Waals surface area contributed by atoms with Crippen molar-refractivity contribution in [1.29, 1.82) is 5.26 Å². The summed E-state index contributed by atoms with van der Waals surface area (Å²) < 4.78 is 21.6. The number of nitrogens with one attached hydrogen (secondary N) is 1. The summed E-state index contributed by atoms with van der Waals surface area (Å²) in [7, 11) is 4.75. The van der Waals surface area contributed by atoms with Gasteiger partial charge in [0.2, 0.25) is 5.75 Å². The number of nitriles is 1. The molecule has 0 atom stereocenters. The van der Waals surface area contributed by atoms with Crippen LogP contribution in [0.1, 0.15) is 5.56 Å². The highest BCUT2D eigenvalue weighted by atomic mass is 16.6. The fourth-order valence-electron chi connectivity index (χ4n) is 2.45. The highest BCUT2D eigenvalue weighted by Gasteiger charge is 2.15. The number of hydrogen-bond acceptors (Lipinski definition) is 6. The molecule has 6 nitrogen and oxygen atoms in total. The highest BCUT2D eigenvalue weighted by Crippen LogP contribution is 2.39. The zero-order valence-corrected chi connectivity index (χ0v) is 15.8. The van der Waals surface area contributed by atoms with Gasteiger partial charge in [0.1, 0.15) is 6.61 Å². The van der Waals surface area contributed by atoms with Crippen LogP contribution in [0.25, 0.3) is 0 Å². The van der Waals surface area contributed by atoms with Crippen LogP contribution >= 0.6 is 0 Å². The molecule has 0 aromatic heterocycles. The molecule has 0 fully saturated rings. The maximum Gasteiger partial charge on any atom is 0.203 e. The summed E-state index contributed by atoms with van der Waals surface area (Å²) in [5.74, 6) is 1.62. The molecule has 27 heavy (non-hydrogen) atoms. The van der Waals surface area contributed by atoms with Gasteiger partial charge in [-0.15, -0.1) is 0 Å². The van der Waals surface area contributed by atoms with E-state index in [0.717, 1.165) is 11.3 Å². The normalized spacial score (nSPS) is 10.8. The molecule has 2 rings (SSSR count). The maximum absolute atomic E-state index is 9.46. The van der Waals surface area contributed by atoms with Crippen molar-refractivity contribution in [2.75, 3.05) is 39.9 Å². The fourth-order valence-corrected chi connectivity index (χ4v) is 2.45. The van der Waals surface area contributed by atoms with Crippen LogP contribution < -0.4 is 19.5 Å². The smallest absolute Gasteiger partial charge is 0.203 e. The fraction of sp³-hybridized carbons (Fsp3) is 0.286. The lowest BCUT2D eigenvalue weighted by Gasteiger charge is -2.16. The molecule has 0 aliphatic rings. The average Bonchev–Trinajstić information content (AvgIpc) is 2.72. The van der Waals surface area contributed by atoms with E-state index in [2.05, 4.69) is 11.4 Å². The Morgan fingerprint density at radius 2 is 1.70 bits per heavy atom. The first kappa shape index (κ1) is 20.1. The van der Waals surface area contributed by atoms with E-state index in [4.69, 9.17) is 18.9 Å². The van der Waals surface area contributed by atoms with E-state index in [-0.39, 0.29) is 0 Å². The quantitative estimate of drug-likeness (QED) is 0.508. The van der Waals surface area contributed by atoms with Crippen LogP contribution in [0, 0.1) is 11.3 Å². The SMILES string of the molecule is COCCOc1c(OC)cc(CC(C#N)=CNc2ccccc2)cc1OC. The van der Waals surface area contributed by atoms with Gasteiger partial charge in [-0.05, 0) is 29.8 Å². The van der Waals surface area contributed by atoms with Crippen molar-refractivity contribution in [2.45, 2.75) is 6.42 Å². The van der Waals surface area contributed by atoms with E-state index < -0.39 is 0 Å². The molecule has 0 bridgehead atoms. The van der Waals surface area contributed by atoms with Crippen molar-refractivity contribution in [3.8, 4) is 23.3 Å². The maximum atomic E-state index is 9.46. The number of para-hydroxylation sites is 1. The number of nitrogens with zero attached hydrogens (tertiary/aromatic N) is 1. The molecule has 0 saturated carbocycles. The van der Waals surface area contributed by atoms with Crippen LogP contribution in [-0.2, 0) is 11.2 Å². The van der Waals surface area contributed by atoms with Gasteiger partial charge < -0.3 is 24.3 Å². The van der Waals surface area contributed by atoms with Gasteiger partial charge in [0, 0.05) is 31.0 Å². The Labute approximate surface area is 159 Å². The lowest BCUT2D eigenvalue weighted by atomic mass is 10.1.